The van der Waals surface area contributed by atoms with Gasteiger partial charge in [0.2, 0.25) is 0 Å². The summed E-state index contributed by atoms with van der Waals surface area (Å²) in [6.07, 6.45) is 8.01. The molecule has 0 aliphatic carbocycles. The van der Waals surface area contributed by atoms with Crippen LogP contribution in [0.25, 0.3) is 0 Å². The third-order valence-electron chi connectivity index (χ3n) is 2.13. The van der Waals surface area contributed by atoms with E-state index in [0.29, 0.717) is 5.78 Å². The Kier molecular flexibility index (Phi) is 7.66. The largest absolute Gasteiger partial charge is 0.300 e. The van der Waals surface area contributed by atoms with Crippen molar-refractivity contribution in [1.82, 2.24) is 0 Å². The van der Waals surface area contributed by atoms with Crippen LogP contribution in [0, 0.1) is 0 Å². The van der Waals surface area contributed by atoms with Gasteiger partial charge in [-0.1, -0.05) is 24.8 Å². The molecule has 1 heteroatoms. The Morgan fingerprint density at radius 1 is 0.923 bits per heavy atom. The highest BCUT2D eigenvalue weighted by Gasteiger charge is 1.94. The SMILES string of the molecule is C=C(C)CCCCCCCC(C)=O. The van der Waals surface area contributed by atoms with Crippen molar-refractivity contribution in [2.75, 3.05) is 0 Å². The second kappa shape index (κ2) is 8.03. The van der Waals surface area contributed by atoms with E-state index in [1.54, 1.807) is 6.92 Å². The van der Waals surface area contributed by atoms with Gasteiger partial charge >= 0.3 is 0 Å². The normalized spacial score (nSPS) is 10.0. The molecule has 0 saturated carbocycles. The van der Waals surface area contributed by atoms with Gasteiger partial charge in [0.25, 0.3) is 0 Å². The summed E-state index contributed by atoms with van der Waals surface area (Å²) in [5.74, 6) is 0.321. The van der Waals surface area contributed by atoms with Crippen LogP contribution in [0.3, 0.4) is 0 Å². The Balaban J connectivity index is 3.00. The van der Waals surface area contributed by atoms with Crippen molar-refractivity contribution in [3.63, 3.8) is 0 Å². The van der Waals surface area contributed by atoms with Crippen LogP contribution in [-0.2, 0) is 4.79 Å². The quantitative estimate of drug-likeness (QED) is 0.411. The highest BCUT2D eigenvalue weighted by atomic mass is 16.1. The van der Waals surface area contributed by atoms with Crippen molar-refractivity contribution in [2.24, 2.45) is 0 Å². The zero-order valence-electron chi connectivity index (χ0n) is 9.07. The van der Waals surface area contributed by atoms with E-state index in [-0.39, 0.29) is 0 Å². The molecule has 0 saturated heterocycles. The number of hydrogen-bond donors (Lipinski definition) is 0. The first kappa shape index (κ1) is 12.4. The van der Waals surface area contributed by atoms with Gasteiger partial charge in [0.1, 0.15) is 5.78 Å². The monoisotopic (exact) mass is 182 g/mol. The summed E-state index contributed by atoms with van der Waals surface area (Å²) in [4.78, 5) is 10.6. The molecule has 0 spiro atoms. The fourth-order valence-corrected chi connectivity index (χ4v) is 1.33. The molecular weight excluding hydrogens is 160 g/mol. The fraction of sp³-hybridized carbons (Fsp3) is 0.750. The molecular formula is C12H22O. The average Bonchev–Trinajstić information content (AvgIpc) is 2.01. The van der Waals surface area contributed by atoms with Crippen LogP contribution in [0.4, 0.5) is 0 Å². The fourth-order valence-electron chi connectivity index (χ4n) is 1.33. The standard InChI is InChI=1S/C12H22O/c1-11(2)9-7-5-4-6-8-10-12(3)13/h1,4-10H2,2-3H3. The van der Waals surface area contributed by atoms with Crippen LogP contribution in [0.5, 0.6) is 0 Å². The summed E-state index contributed by atoms with van der Waals surface area (Å²) < 4.78 is 0. The molecule has 0 aromatic rings. The summed E-state index contributed by atoms with van der Waals surface area (Å²) in [5.41, 5.74) is 1.28. The Bertz CT molecular complexity index is 141. The number of ketones is 1. The minimum absolute atomic E-state index is 0.321. The molecule has 0 aliphatic heterocycles. The van der Waals surface area contributed by atoms with Gasteiger partial charge in [0, 0.05) is 6.42 Å². The molecule has 0 fully saturated rings. The molecule has 0 aromatic heterocycles. The van der Waals surface area contributed by atoms with E-state index in [4.69, 9.17) is 0 Å². The summed E-state index contributed by atoms with van der Waals surface area (Å²) in [7, 11) is 0. The van der Waals surface area contributed by atoms with E-state index in [1.165, 1.54) is 31.3 Å². The van der Waals surface area contributed by atoms with Crippen LogP contribution in [0.2, 0.25) is 0 Å². The van der Waals surface area contributed by atoms with Crippen LogP contribution in [0.15, 0.2) is 12.2 Å². The van der Waals surface area contributed by atoms with Crippen molar-refractivity contribution in [1.29, 1.82) is 0 Å². The molecule has 13 heavy (non-hydrogen) atoms. The molecule has 0 bridgehead atoms. The highest BCUT2D eigenvalue weighted by molar-refractivity contribution is 5.75. The summed E-state index contributed by atoms with van der Waals surface area (Å²) in [6.45, 7) is 7.61. The minimum Gasteiger partial charge on any atom is -0.300 e. The van der Waals surface area contributed by atoms with Gasteiger partial charge in [0.05, 0.1) is 0 Å². The number of allylic oxidation sites excluding steroid dienone is 1. The predicted molar refractivity (Wildman–Crippen MR) is 57.8 cm³/mol. The van der Waals surface area contributed by atoms with Crippen LogP contribution in [0.1, 0.15) is 58.8 Å². The number of Topliss-reactive ketones (excluding diaryl/α,β-unsaturated/α-hetero) is 1. The van der Waals surface area contributed by atoms with Crippen LogP contribution < -0.4 is 0 Å². The Morgan fingerprint density at radius 2 is 1.38 bits per heavy atom. The maximum atomic E-state index is 10.6. The van der Waals surface area contributed by atoms with Gasteiger partial charge in [-0.15, -0.1) is 6.58 Å². The molecule has 0 rings (SSSR count). The lowest BCUT2D eigenvalue weighted by atomic mass is 10.1. The molecule has 0 N–H and O–H groups in total. The first-order valence-electron chi connectivity index (χ1n) is 5.26. The van der Waals surface area contributed by atoms with Crippen molar-refractivity contribution in [3.05, 3.63) is 12.2 Å². The predicted octanol–water partition coefficient (Wildman–Crippen LogP) is 3.88. The highest BCUT2D eigenvalue weighted by Crippen LogP contribution is 2.10. The lowest BCUT2D eigenvalue weighted by Gasteiger charge is -2.00. The second-order valence-corrected chi connectivity index (χ2v) is 3.93. The molecule has 0 atom stereocenters. The number of rotatable bonds is 8. The first-order chi connectivity index (χ1) is 6.13. The maximum Gasteiger partial charge on any atom is 0.129 e. The van der Waals surface area contributed by atoms with Gasteiger partial charge < -0.3 is 4.79 Å². The van der Waals surface area contributed by atoms with Gasteiger partial charge in [-0.3, -0.25) is 0 Å². The molecule has 0 aliphatic rings. The third kappa shape index (κ3) is 11.4. The van der Waals surface area contributed by atoms with E-state index in [0.717, 1.165) is 19.3 Å². The van der Waals surface area contributed by atoms with Crippen LogP contribution in [-0.4, -0.2) is 5.78 Å². The van der Waals surface area contributed by atoms with E-state index in [1.807, 2.05) is 0 Å². The molecule has 0 unspecified atom stereocenters. The zero-order valence-corrected chi connectivity index (χ0v) is 9.07. The Labute approximate surface area is 82.2 Å². The zero-order chi connectivity index (χ0) is 10.1. The molecule has 76 valence electrons. The van der Waals surface area contributed by atoms with E-state index < -0.39 is 0 Å². The lowest BCUT2D eigenvalue weighted by Crippen LogP contribution is -1.89. The van der Waals surface area contributed by atoms with E-state index in [2.05, 4.69) is 13.5 Å². The number of unbranched alkanes of at least 4 members (excludes halogenated alkanes) is 4. The molecule has 0 aromatic carbocycles. The Morgan fingerprint density at radius 3 is 1.85 bits per heavy atom. The van der Waals surface area contributed by atoms with Crippen molar-refractivity contribution >= 4 is 5.78 Å². The topological polar surface area (TPSA) is 17.1 Å². The second-order valence-electron chi connectivity index (χ2n) is 3.93. The minimum atomic E-state index is 0.321. The molecule has 1 nitrogen and oxygen atoms in total. The average molecular weight is 182 g/mol. The summed E-state index contributed by atoms with van der Waals surface area (Å²) in [6, 6.07) is 0. The van der Waals surface area contributed by atoms with Crippen LogP contribution >= 0.6 is 0 Å². The number of carbonyl (C=O) groups excluding carboxylic acids is 1. The maximum absolute atomic E-state index is 10.6. The lowest BCUT2D eigenvalue weighted by molar-refractivity contribution is -0.117. The first-order valence-corrected chi connectivity index (χ1v) is 5.26. The molecule has 0 heterocycles. The van der Waals surface area contributed by atoms with Gasteiger partial charge in [-0.2, -0.15) is 0 Å². The smallest absolute Gasteiger partial charge is 0.129 e. The third-order valence-corrected chi connectivity index (χ3v) is 2.13. The molecule has 0 radical (unpaired) electrons. The molecule has 0 amide bonds. The van der Waals surface area contributed by atoms with E-state index in [9.17, 15) is 4.79 Å². The summed E-state index contributed by atoms with van der Waals surface area (Å²) >= 11 is 0. The van der Waals surface area contributed by atoms with E-state index >= 15 is 0 Å². The Hall–Kier alpha value is -0.590. The summed E-state index contributed by atoms with van der Waals surface area (Å²) in [5, 5.41) is 0. The van der Waals surface area contributed by atoms with Crippen molar-refractivity contribution < 1.29 is 4.79 Å². The van der Waals surface area contributed by atoms with Crippen molar-refractivity contribution in [3.8, 4) is 0 Å². The van der Waals surface area contributed by atoms with Crippen molar-refractivity contribution in [2.45, 2.75) is 58.8 Å². The van der Waals surface area contributed by atoms with Gasteiger partial charge in [-0.25, -0.2) is 0 Å². The van der Waals surface area contributed by atoms with Gasteiger partial charge in [0.15, 0.2) is 0 Å². The number of carbonyl (C=O) groups is 1. The van der Waals surface area contributed by atoms with Gasteiger partial charge in [-0.05, 0) is 33.1 Å². The number of hydrogen-bond acceptors (Lipinski definition) is 1.